The van der Waals surface area contributed by atoms with Gasteiger partial charge in [0, 0.05) is 12.5 Å². The Balaban J connectivity index is 2.05. The third-order valence-electron chi connectivity index (χ3n) is 3.36. The Morgan fingerprint density at radius 2 is 2.20 bits per heavy atom. The Labute approximate surface area is 119 Å². The molecule has 0 saturated carbocycles. The summed E-state index contributed by atoms with van der Waals surface area (Å²) in [6, 6.07) is 3.38. The summed E-state index contributed by atoms with van der Waals surface area (Å²) in [5.74, 6) is 0.792. The molecule has 1 atom stereocenters. The SMILES string of the molecule is CC(=O)OCCCC1(C)C=Cc2cc(O)cc(C)c2O1. The monoisotopic (exact) mass is 276 g/mol. The molecule has 0 amide bonds. The van der Waals surface area contributed by atoms with Crippen LogP contribution in [0.2, 0.25) is 0 Å². The molecule has 108 valence electrons. The van der Waals surface area contributed by atoms with Crippen molar-refractivity contribution in [2.24, 2.45) is 0 Å². The van der Waals surface area contributed by atoms with Crippen molar-refractivity contribution < 1.29 is 19.4 Å². The molecule has 0 aromatic heterocycles. The summed E-state index contributed by atoms with van der Waals surface area (Å²) in [5.41, 5.74) is 1.39. The summed E-state index contributed by atoms with van der Waals surface area (Å²) in [6.07, 6.45) is 5.46. The molecule has 0 aliphatic carbocycles. The van der Waals surface area contributed by atoms with Crippen LogP contribution in [0, 0.1) is 6.92 Å². The third-order valence-corrected chi connectivity index (χ3v) is 3.36. The van der Waals surface area contributed by atoms with Crippen LogP contribution in [0.1, 0.15) is 37.8 Å². The van der Waals surface area contributed by atoms with Gasteiger partial charge in [0.05, 0.1) is 6.61 Å². The van der Waals surface area contributed by atoms with E-state index in [1.807, 2.05) is 26.0 Å². The van der Waals surface area contributed by atoms with Gasteiger partial charge < -0.3 is 14.6 Å². The lowest BCUT2D eigenvalue weighted by atomic mass is 9.94. The van der Waals surface area contributed by atoms with E-state index in [0.29, 0.717) is 6.61 Å². The molecule has 1 heterocycles. The fraction of sp³-hybridized carbons (Fsp3) is 0.438. The van der Waals surface area contributed by atoms with E-state index in [1.165, 1.54) is 6.92 Å². The average Bonchev–Trinajstić information content (AvgIpc) is 2.36. The molecule has 1 aromatic rings. The van der Waals surface area contributed by atoms with Crippen molar-refractivity contribution >= 4 is 12.0 Å². The van der Waals surface area contributed by atoms with Crippen LogP contribution in [0.5, 0.6) is 11.5 Å². The third kappa shape index (κ3) is 3.32. The Morgan fingerprint density at radius 1 is 1.45 bits per heavy atom. The fourth-order valence-electron chi connectivity index (χ4n) is 2.35. The molecule has 1 aliphatic rings. The molecule has 1 aromatic carbocycles. The molecule has 0 spiro atoms. The van der Waals surface area contributed by atoms with Gasteiger partial charge in [0.2, 0.25) is 0 Å². The molecule has 1 unspecified atom stereocenters. The highest BCUT2D eigenvalue weighted by molar-refractivity contribution is 5.66. The Morgan fingerprint density at radius 3 is 2.90 bits per heavy atom. The van der Waals surface area contributed by atoms with E-state index in [-0.39, 0.29) is 11.7 Å². The number of benzene rings is 1. The number of ether oxygens (including phenoxy) is 2. The minimum absolute atomic E-state index is 0.243. The predicted octanol–water partition coefficient (Wildman–Crippen LogP) is 3.21. The number of hydrogen-bond acceptors (Lipinski definition) is 4. The molecule has 0 fully saturated rings. The predicted molar refractivity (Wildman–Crippen MR) is 76.8 cm³/mol. The number of carbonyl (C=O) groups excluding carboxylic acids is 1. The van der Waals surface area contributed by atoms with E-state index in [0.717, 1.165) is 29.7 Å². The number of fused-ring (bicyclic) bond motifs is 1. The van der Waals surface area contributed by atoms with Crippen molar-refractivity contribution in [2.75, 3.05) is 6.61 Å². The second kappa shape index (κ2) is 5.57. The number of carbonyl (C=O) groups is 1. The second-order valence-corrected chi connectivity index (χ2v) is 5.37. The topological polar surface area (TPSA) is 55.8 Å². The second-order valence-electron chi connectivity index (χ2n) is 5.37. The number of aromatic hydroxyl groups is 1. The molecule has 0 saturated heterocycles. The normalized spacial score (nSPS) is 20.1. The molecule has 0 radical (unpaired) electrons. The van der Waals surface area contributed by atoms with Crippen molar-refractivity contribution in [3.05, 3.63) is 29.3 Å². The maximum atomic E-state index is 10.7. The summed E-state index contributed by atoms with van der Waals surface area (Å²) < 4.78 is 11.0. The van der Waals surface area contributed by atoms with E-state index < -0.39 is 5.60 Å². The molecule has 2 rings (SSSR count). The van der Waals surface area contributed by atoms with Crippen LogP contribution in [0.25, 0.3) is 6.08 Å². The van der Waals surface area contributed by atoms with E-state index >= 15 is 0 Å². The van der Waals surface area contributed by atoms with Crippen LogP contribution in [0.15, 0.2) is 18.2 Å². The number of esters is 1. The number of hydrogen-bond donors (Lipinski definition) is 1. The molecule has 4 heteroatoms. The first-order valence-electron chi connectivity index (χ1n) is 6.75. The van der Waals surface area contributed by atoms with Gasteiger partial charge >= 0.3 is 5.97 Å². The Hall–Kier alpha value is -1.97. The molecule has 1 aliphatic heterocycles. The first-order valence-corrected chi connectivity index (χ1v) is 6.75. The zero-order valence-corrected chi connectivity index (χ0v) is 12.1. The summed E-state index contributed by atoms with van der Waals surface area (Å²) in [5, 5.41) is 9.59. The van der Waals surface area contributed by atoms with Gasteiger partial charge in [-0.1, -0.05) is 6.08 Å². The summed E-state index contributed by atoms with van der Waals surface area (Å²) in [7, 11) is 0. The highest BCUT2D eigenvalue weighted by Gasteiger charge is 2.28. The summed E-state index contributed by atoms with van der Waals surface area (Å²) in [4.78, 5) is 10.7. The van der Waals surface area contributed by atoms with Crippen molar-refractivity contribution in [1.82, 2.24) is 0 Å². The molecule has 20 heavy (non-hydrogen) atoms. The highest BCUT2D eigenvalue weighted by atomic mass is 16.5. The zero-order chi connectivity index (χ0) is 14.8. The lowest BCUT2D eigenvalue weighted by Crippen LogP contribution is -2.32. The first kappa shape index (κ1) is 14.4. The maximum Gasteiger partial charge on any atom is 0.302 e. The number of rotatable bonds is 4. The summed E-state index contributed by atoms with van der Waals surface area (Å²) in [6.45, 7) is 5.73. The lowest BCUT2D eigenvalue weighted by Gasteiger charge is -2.32. The van der Waals surface area contributed by atoms with Crippen LogP contribution in [-0.2, 0) is 9.53 Å². The van der Waals surface area contributed by atoms with Gasteiger partial charge in [-0.05, 0) is 50.5 Å². The largest absolute Gasteiger partial charge is 0.508 e. The molecular formula is C16H20O4. The quantitative estimate of drug-likeness (QED) is 0.677. The van der Waals surface area contributed by atoms with Crippen LogP contribution in [-0.4, -0.2) is 23.3 Å². The first-order chi connectivity index (χ1) is 9.39. The van der Waals surface area contributed by atoms with Gasteiger partial charge in [0.25, 0.3) is 0 Å². The number of phenolic OH excluding ortho intramolecular Hbond substituents is 1. The fourth-order valence-corrected chi connectivity index (χ4v) is 2.35. The van der Waals surface area contributed by atoms with Crippen molar-refractivity contribution in [2.45, 2.75) is 39.2 Å². The summed E-state index contributed by atoms with van der Waals surface area (Å²) >= 11 is 0. The zero-order valence-electron chi connectivity index (χ0n) is 12.1. The number of phenols is 1. The molecule has 1 N–H and O–H groups in total. The van der Waals surface area contributed by atoms with Crippen LogP contribution in [0.4, 0.5) is 0 Å². The Kier molecular flexibility index (Phi) is 4.02. The van der Waals surface area contributed by atoms with Gasteiger partial charge in [-0.3, -0.25) is 4.79 Å². The Bertz CT molecular complexity index is 548. The van der Waals surface area contributed by atoms with Gasteiger partial charge in [0.15, 0.2) is 0 Å². The smallest absolute Gasteiger partial charge is 0.302 e. The van der Waals surface area contributed by atoms with E-state index in [1.54, 1.807) is 12.1 Å². The minimum Gasteiger partial charge on any atom is -0.508 e. The standard InChI is InChI=1S/C16H20O4/c1-11-9-14(18)10-13-5-7-16(3,20-15(11)13)6-4-8-19-12(2)17/h5,7,9-10,18H,4,6,8H2,1-3H3. The van der Waals surface area contributed by atoms with Gasteiger partial charge in [-0.25, -0.2) is 0 Å². The van der Waals surface area contributed by atoms with E-state index in [2.05, 4.69) is 0 Å². The average molecular weight is 276 g/mol. The molecule has 4 nitrogen and oxygen atoms in total. The highest BCUT2D eigenvalue weighted by Crippen LogP contribution is 2.37. The number of aryl methyl sites for hydroxylation is 1. The van der Waals surface area contributed by atoms with E-state index in [4.69, 9.17) is 9.47 Å². The van der Waals surface area contributed by atoms with Gasteiger partial charge in [-0.2, -0.15) is 0 Å². The van der Waals surface area contributed by atoms with Crippen molar-refractivity contribution in [3.63, 3.8) is 0 Å². The molecule has 0 bridgehead atoms. The lowest BCUT2D eigenvalue weighted by molar-refractivity contribution is -0.141. The van der Waals surface area contributed by atoms with Crippen LogP contribution >= 0.6 is 0 Å². The van der Waals surface area contributed by atoms with Crippen LogP contribution < -0.4 is 4.74 Å². The van der Waals surface area contributed by atoms with Gasteiger partial charge in [-0.15, -0.1) is 0 Å². The maximum absolute atomic E-state index is 10.7. The van der Waals surface area contributed by atoms with Crippen LogP contribution in [0.3, 0.4) is 0 Å². The van der Waals surface area contributed by atoms with Gasteiger partial charge in [0.1, 0.15) is 17.1 Å². The van der Waals surface area contributed by atoms with Crippen molar-refractivity contribution in [1.29, 1.82) is 0 Å². The van der Waals surface area contributed by atoms with E-state index in [9.17, 15) is 9.90 Å². The molecular weight excluding hydrogens is 256 g/mol. The minimum atomic E-state index is -0.408. The van der Waals surface area contributed by atoms with Crippen molar-refractivity contribution in [3.8, 4) is 11.5 Å².